The highest BCUT2D eigenvalue weighted by Gasteiger charge is 2.56. The zero-order valence-corrected chi connectivity index (χ0v) is 9.49. The second-order valence-electron chi connectivity index (χ2n) is 3.49. The number of ether oxygens (including phenoxy) is 4. The van der Waals surface area contributed by atoms with Crippen LogP contribution in [0.2, 0.25) is 0 Å². The molecule has 0 radical (unpaired) electrons. The summed E-state index contributed by atoms with van der Waals surface area (Å²) < 4.78 is 20.3. The van der Waals surface area contributed by atoms with Crippen molar-refractivity contribution in [3.8, 4) is 0 Å². The fourth-order valence-electron chi connectivity index (χ4n) is 1.80. The molecule has 0 bridgehead atoms. The minimum atomic E-state index is -1.64. The van der Waals surface area contributed by atoms with E-state index in [2.05, 4.69) is 0 Å². The van der Waals surface area contributed by atoms with Gasteiger partial charge in [-0.05, 0) is 0 Å². The predicted octanol–water partition coefficient (Wildman–Crippen LogP) is -1.94. The van der Waals surface area contributed by atoms with Gasteiger partial charge in [0.05, 0.1) is 6.61 Å². The van der Waals surface area contributed by atoms with Crippen LogP contribution >= 0.6 is 0 Å². The number of rotatable bonds is 4. The summed E-state index contributed by atoms with van der Waals surface area (Å²) >= 11 is 0. The van der Waals surface area contributed by atoms with E-state index in [0.29, 0.717) is 0 Å². The molecule has 4 atom stereocenters. The molecule has 1 aliphatic heterocycles. The first kappa shape index (κ1) is 13.8. The van der Waals surface area contributed by atoms with Crippen molar-refractivity contribution in [3.63, 3.8) is 0 Å². The van der Waals surface area contributed by atoms with Crippen LogP contribution in [0.25, 0.3) is 0 Å². The van der Waals surface area contributed by atoms with Crippen LogP contribution in [-0.2, 0) is 18.9 Å². The van der Waals surface area contributed by atoms with E-state index in [1.165, 1.54) is 21.3 Å². The Morgan fingerprint density at radius 1 is 1.12 bits per heavy atom. The number of aliphatic hydroxyl groups excluding tert-OH is 3. The zero-order chi connectivity index (χ0) is 12.3. The Labute approximate surface area is 93.5 Å². The summed E-state index contributed by atoms with van der Waals surface area (Å²) in [7, 11) is 3.96. The zero-order valence-electron chi connectivity index (χ0n) is 9.49. The Bertz CT molecular complexity index is 218. The molecule has 0 saturated carbocycles. The Morgan fingerprint density at radius 3 is 2.06 bits per heavy atom. The average Bonchev–Trinajstić information content (AvgIpc) is 2.32. The maximum atomic E-state index is 9.81. The van der Waals surface area contributed by atoms with Gasteiger partial charge in [0, 0.05) is 21.3 Å². The van der Waals surface area contributed by atoms with Crippen LogP contribution in [0.4, 0.5) is 0 Å². The van der Waals surface area contributed by atoms with E-state index >= 15 is 0 Å². The van der Waals surface area contributed by atoms with Crippen molar-refractivity contribution in [2.45, 2.75) is 30.4 Å². The molecule has 1 saturated heterocycles. The van der Waals surface area contributed by atoms with Gasteiger partial charge in [-0.25, -0.2) is 0 Å². The van der Waals surface area contributed by atoms with Crippen molar-refractivity contribution in [1.82, 2.24) is 0 Å². The highest BCUT2D eigenvalue weighted by molar-refractivity contribution is 4.93. The topological polar surface area (TPSA) is 97.6 Å². The van der Waals surface area contributed by atoms with E-state index in [1.54, 1.807) is 0 Å². The Balaban J connectivity index is 2.97. The van der Waals surface area contributed by atoms with Gasteiger partial charge in [-0.15, -0.1) is 0 Å². The van der Waals surface area contributed by atoms with Gasteiger partial charge in [-0.1, -0.05) is 0 Å². The van der Waals surface area contributed by atoms with E-state index in [1.807, 2.05) is 0 Å². The van der Waals surface area contributed by atoms with E-state index in [4.69, 9.17) is 24.1 Å². The molecule has 0 aliphatic carbocycles. The SMILES string of the molecule is CO[C@H]1[C@@H](O)[C@H](O)[C@H](CO)OC1(OC)OC. The van der Waals surface area contributed by atoms with Crippen LogP contribution in [0, 0.1) is 0 Å². The fraction of sp³-hybridized carbons (Fsp3) is 1.00. The van der Waals surface area contributed by atoms with E-state index < -0.39 is 37.0 Å². The summed E-state index contributed by atoms with van der Waals surface area (Å²) in [6, 6.07) is 0. The Kier molecular flexibility index (Phi) is 4.62. The Morgan fingerprint density at radius 2 is 1.69 bits per heavy atom. The molecule has 1 fully saturated rings. The average molecular weight is 238 g/mol. The van der Waals surface area contributed by atoms with Crippen LogP contribution in [0.3, 0.4) is 0 Å². The first-order chi connectivity index (χ1) is 7.56. The maximum absolute atomic E-state index is 9.81. The summed E-state index contributed by atoms with van der Waals surface area (Å²) in [4.78, 5) is 0. The summed E-state index contributed by atoms with van der Waals surface area (Å²) in [5.41, 5.74) is 0. The molecule has 0 unspecified atom stereocenters. The molecular formula is C9H18O7. The summed E-state index contributed by atoms with van der Waals surface area (Å²) in [5, 5.41) is 28.5. The molecule has 0 aromatic heterocycles. The lowest BCUT2D eigenvalue weighted by atomic mass is 9.97. The molecule has 7 heteroatoms. The lowest BCUT2D eigenvalue weighted by Crippen LogP contribution is -2.67. The molecule has 0 spiro atoms. The van der Waals surface area contributed by atoms with Gasteiger partial charge in [0.2, 0.25) is 0 Å². The van der Waals surface area contributed by atoms with Crippen LogP contribution in [0.5, 0.6) is 0 Å². The minimum absolute atomic E-state index is 0.469. The van der Waals surface area contributed by atoms with Crippen molar-refractivity contribution in [2.75, 3.05) is 27.9 Å². The van der Waals surface area contributed by atoms with E-state index in [0.717, 1.165) is 0 Å². The molecule has 1 heterocycles. The standard InChI is InChI=1S/C9H18O7/c1-13-8-7(12)6(11)5(4-10)16-9(8,14-2)15-3/h5-8,10-12H,4H2,1-3H3/t5-,6+,7-,8-/m0/s1. The molecule has 0 aromatic carbocycles. The normalized spacial score (nSPS) is 38.6. The largest absolute Gasteiger partial charge is 0.394 e. The summed E-state index contributed by atoms with van der Waals surface area (Å²) in [6.07, 6.45) is -4.56. The molecule has 7 nitrogen and oxygen atoms in total. The van der Waals surface area contributed by atoms with Crippen LogP contribution < -0.4 is 0 Å². The van der Waals surface area contributed by atoms with Crippen LogP contribution in [0.1, 0.15) is 0 Å². The highest BCUT2D eigenvalue weighted by atomic mass is 16.9. The summed E-state index contributed by atoms with van der Waals surface area (Å²) in [6.45, 7) is -0.469. The van der Waals surface area contributed by atoms with Crippen molar-refractivity contribution in [3.05, 3.63) is 0 Å². The molecule has 1 aliphatic rings. The monoisotopic (exact) mass is 238 g/mol. The molecular weight excluding hydrogens is 220 g/mol. The number of aliphatic hydroxyl groups is 3. The second kappa shape index (κ2) is 5.37. The van der Waals surface area contributed by atoms with Gasteiger partial charge < -0.3 is 34.3 Å². The first-order valence-electron chi connectivity index (χ1n) is 4.84. The van der Waals surface area contributed by atoms with Gasteiger partial charge >= 0.3 is 5.97 Å². The maximum Gasteiger partial charge on any atom is 0.313 e. The van der Waals surface area contributed by atoms with Gasteiger partial charge in [0.1, 0.15) is 18.3 Å². The van der Waals surface area contributed by atoms with Crippen molar-refractivity contribution in [1.29, 1.82) is 0 Å². The molecule has 3 N–H and O–H groups in total. The third kappa shape index (κ3) is 2.07. The van der Waals surface area contributed by atoms with E-state index in [-0.39, 0.29) is 0 Å². The van der Waals surface area contributed by atoms with Crippen LogP contribution in [-0.4, -0.2) is 73.6 Å². The number of methoxy groups -OCH3 is 3. The highest BCUT2D eigenvalue weighted by Crippen LogP contribution is 2.32. The molecule has 1 rings (SSSR count). The lowest BCUT2D eigenvalue weighted by Gasteiger charge is -2.47. The van der Waals surface area contributed by atoms with Crippen LogP contribution in [0.15, 0.2) is 0 Å². The quantitative estimate of drug-likeness (QED) is 0.490. The minimum Gasteiger partial charge on any atom is -0.394 e. The van der Waals surface area contributed by atoms with Crippen molar-refractivity contribution >= 4 is 0 Å². The Hall–Kier alpha value is -0.280. The summed E-state index contributed by atoms with van der Waals surface area (Å²) in [5.74, 6) is -1.64. The number of hydrogen-bond donors (Lipinski definition) is 3. The molecule has 0 aromatic rings. The molecule has 96 valence electrons. The van der Waals surface area contributed by atoms with Gasteiger partial charge in [0.25, 0.3) is 0 Å². The lowest BCUT2D eigenvalue weighted by molar-refractivity contribution is -0.451. The van der Waals surface area contributed by atoms with Crippen molar-refractivity contribution in [2.24, 2.45) is 0 Å². The third-order valence-corrected chi connectivity index (χ3v) is 2.71. The van der Waals surface area contributed by atoms with Gasteiger partial charge in [-0.2, -0.15) is 0 Å². The van der Waals surface area contributed by atoms with Gasteiger partial charge in [0.15, 0.2) is 6.10 Å². The third-order valence-electron chi connectivity index (χ3n) is 2.71. The smallest absolute Gasteiger partial charge is 0.313 e. The molecule has 16 heavy (non-hydrogen) atoms. The second-order valence-corrected chi connectivity index (χ2v) is 3.49. The van der Waals surface area contributed by atoms with Gasteiger partial charge in [-0.3, -0.25) is 0 Å². The molecule has 0 amide bonds. The number of hydrogen-bond acceptors (Lipinski definition) is 7. The fourth-order valence-corrected chi connectivity index (χ4v) is 1.80. The van der Waals surface area contributed by atoms with E-state index in [9.17, 15) is 10.2 Å². The van der Waals surface area contributed by atoms with Crippen molar-refractivity contribution < 1.29 is 34.3 Å². The first-order valence-corrected chi connectivity index (χ1v) is 4.84. The predicted molar refractivity (Wildman–Crippen MR) is 51.5 cm³/mol.